The molecule has 3 atom stereocenters. The van der Waals surface area contributed by atoms with E-state index in [-0.39, 0.29) is 36.8 Å². The van der Waals surface area contributed by atoms with Crippen molar-refractivity contribution < 1.29 is 19.0 Å². The van der Waals surface area contributed by atoms with Gasteiger partial charge in [0.1, 0.15) is 29.7 Å². The molecule has 1 aliphatic carbocycles. The van der Waals surface area contributed by atoms with Crippen molar-refractivity contribution in [3.63, 3.8) is 0 Å². The third kappa shape index (κ3) is 4.72. The summed E-state index contributed by atoms with van der Waals surface area (Å²) < 4.78 is 26.4. The lowest BCUT2D eigenvalue weighted by atomic mass is 10.1. The fourth-order valence-corrected chi connectivity index (χ4v) is 3.59. The van der Waals surface area contributed by atoms with Gasteiger partial charge in [0.05, 0.1) is 18.9 Å². The molecule has 1 heterocycles. The molecular weight excluding hydrogens is 411 g/mol. The van der Waals surface area contributed by atoms with E-state index in [1.807, 2.05) is 18.2 Å². The Balaban J connectivity index is 0.00000256. The van der Waals surface area contributed by atoms with Crippen molar-refractivity contribution in [1.82, 2.24) is 14.8 Å². The molecule has 2 aromatic carbocycles. The highest BCUT2D eigenvalue weighted by molar-refractivity contribution is 5.85. The normalized spacial score (nSPS) is 20.6. The van der Waals surface area contributed by atoms with Crippen molar-refractivity contribution in [3.8, 4) is 17.2 Å². The summed E-state index contributed by atoms with van der Waals surface area (Å²) in [6.45, 7) is 0.143. The number of aliphatic hydroxyl groups is 1. The molecule has 30 heavy (non-hydrogen) atoms. The molecule has 0 amide bonds. The Labute approximate surface area is 180 Å². The Morgan fingerprint density at radius 3 is 2.63 bits per heavy atom. The number of hydrogen-bond donors (Lipinski definition) is 2. The van der Waals surface area contributed by atoms with E-state index in [9.17, 15) is 9.50 Å². The molecule has 3 N–H and O–H groups in total. The fraction of sp³-hybridized carbons (Fsp3) is 0.333. The molecule has 1 aliphatic rings. The molecule has 7 nitrogen and oxygen atoms in total. The zero-order chi connectivity index (χ0) is 20.4. The largest absolute Gasteiger partial charge is 0.497 e. The van der Waals surface area contributed by atoms with Crippen LogP contribution in [0.4, 0.5) is 4.39 Å². The molecule has 9 heteroatoms. The van der Waals surface area contributed by atoms with E-state index in [4.69, 9.17) is 15.2 Å². The topological polar surface area (TPSA) is 95.4 Å². The Hall–Kier alpha value is -2.68. The Morgan fingerprint density at radius 2 is 1.93 bits per heavy atom. The summed E-state index contributed by atoms with van der Waals surface area (Å²) in [4.78, 5) is 4.63. The lowest BCUT2D eigenvalue weighted by Crippen LogP contribution is -2.28. The van der Waals surface area contributed by atoms with E-state index in [1.165, 1.54) is 12.1 Å². The maximum absolute atomic E-state index is 13.8. The van der Waals surface area contributed by atoms with Gasteiger partial charge in [0, 0.05) is 18.0 Å². The highest BCUT2D eigenvalue weighted by Gasteiger charge is 2.35. The first kappa shape index (κ1) is 22.0. The van der Waals surface area contributed by atoms with Gasteiger partial charge in [0.2, 0.25) is 0 Å². The van der Waals surface area contributed by atoms with Crippen LogP contribution >= 0.6 is 12.4 Å². The highest BCUT2D eigenvalue weighted by Crippen LogP contribution is 2.34. The summed E-state index contributed by atoms with van der Waals surface area (Å²) in [7, 11) is 1.59. The SMILES string of the molecule is COc1cccc(OCc2nc([C@H]3C[C@@H](N)[C@H](O)C3)n(-c3cccc(F)c3)n2)c1.Cl. The molecule has 1 fully saturated rings. The number of nitrogens with zero attached hydrogens (tertiary/aromatic N) is 3. The second-order valence-corrected chi connectivity index (χ2v) is 7.15. The van der Waals surface area contributed by atoms with Crippen LogP contribution in [0.2, 0.25) is 0 Å². The van der Waals surface area contributed by atoms with Crippen LogP contribution in [0.5, 0.6) is 11.5 Å². The second-order valence-electron chi connectivity index (χ2n) is 7.15. The highest BCUT2D eigenvalue weighted by atomic mass is 35.5. The predicted octanol–water partition coefficient (Wildman–Crippen LogP) is 2.98. The van der Waals surface area contributed by atoms with Crippen LogP contribution in [0.15, 0.2) is 48.5 Å². The molecule has 0 saturated heterocycles. The summed E-state index contributed by atoms with van der Waals surface area (Å²) in [6.07, 6.45) is 0.491. The van der Waals surface area contributed by atoms with Gasteiger partial charge in [-0.15, -0.1) is 17.5 Å². The molecule has 0 spiro atoms. The summed E-state index contributed by atoms with van der Waals surface area (Å²) in [5, 5.41) is 14.6. The van der Waals surface area contributed by atoms with Crippen molar-refractivity contribution in [2.45, 2.75) is 37.5 Å². The Bertz CT molecular complexity index is 990. The molecule has 1 aromatic heterocycles. The van der Waals surface area contributed by atoms with Gasteiger partial charge in [-0.3, -0.25) is 0 Å². The minimum absolute atomic E-state index is 0. The number of halogens is 2. The number of benzene rings is 2. The molecule has 3 aromatic rings. The zero-order valence-electron chi connectivity index (χ0n) is 16.4. The maximum atomic E-state index is 13.8. The van der Waals surface area contributed by atoms with E-state index in [0.717, 1.165) is 0 Å². The summed E-state index contributed by atoms with van der Waals surface area (Å²) in [5.41, 5.74) is 6.55. The number of ether oxygens (including phenoxy) is 2. The molecule has 4 rings (SSSR count). The van der Waals surface area contributed by atoms with Crippen molar-refractivity contribution in [1.29, 1.82) is 0 Å². The first-order valence-corrected chi connectivity index (χ1v) is 9.46. The van der Waals surface area contributed by atoms with Crippen molar-refractivity contribution in [2.24, 2.45) is 5.73 Å². The Kier molecular flexibility index (Phi) is 6.91. The van der Waals surface area contributed by atoms with Gasteiger partial charge in [-0.25, -0.2) is 14.1 Å². The molecule has 160 valence electrons. The molecule has 0 aliphatic heterocycles. The smallest absolute Gasteiger partial charge is 0.188 e. The van der Waals surface area contributed by atoms with E-state index in [0.29, 0.717) is 41.7 Å². The summed E-state index contributed by atoms with van der Waals surface area (Å²) in [5.74, 6) is 2.00. The van der Waals surface area contributed by atoms with Gasteiger partial charge < -0.3 is 20.3 Å². The quantitative estimate of drug-likeness (QED) is 0.619. The fourth-order valence-electron chi connectivity index (χ4n) is 3.59. The average Bonchev–Trinajstić information content (AvgIpc) is 3.30. The first-order chi connectivity index (χ1) is 14.0. The third-order valence-electron chi connectivity index (χ3n) is 5.08. The maximum Gasteiger partial charge on any atom is 0.188 e. The monoisotopic (exact) mass is 434 g/mol. The molecule has 0 bridgehead atoms. The number of hydrogen-bond acceptors (Lipinski definition) is 6. The van der Waals surface area contributed by atoms with E-state index >= 15 is 0 Å². The van der Waals surface area contributed by atoms with Crippen molar-refractivity contribution in [3.05, 3.63) is 66.0 Å². The Morgan fingerprint density at radius 1 is 1.17 bits per heavy atom. The van der Waals surface area contributed by atoms with Gasteiger partial charge in [-0.1, -0.05) is 12.1 Å². The van der Waals surface area contributed by atoms with Crippen LogP contribution in [0.1, 0.15) is 30.4 Å². The summed E-state index contributed by atoms with van der Waals surface area (Å²) >= 11 is 0. The van der Waals surface area contributed by atoms with E-state index < -0.39 is 6.10 Å². The van der Waals surface area contributed by atoms with Crippen LogP contribution in [-0.4, -0.2) is 39.1 Å². The lowest BCUT2D eigenvalue weighted by molar-refractivity contribution is 0.163. The van der Waals surface area contributed by atoms with Crippen LogP contribution < -0.4 is 15.2 Å². The van der Waals surface area contributed by atoms with Gasteiger partial charge in [0.25, 0.3) is 0 Å². The number of aromatic nitrogens is 3. The first-order valence-electron chi connectivity index (χ1n) is 9.46. The number of methoxy groups -OCH3 is 1. The minimum Gasteiger partial charge on any atom is -0.497 e. The minimum atomic E-state index is -0.589. The molecule has 1 saturated carbocycles. The number of rotatable bonds is 6. The third-order valence-corrected chi connectivity index (χ3v) is 5.08. The van der Waals surface area contributed by atoms with Gasteiger partial charge in [-0.2, -0.15) is 0 Å². The van der Waals surface area contributed by atoms with Crippen LogP contribution in [0.25, 0.3) is 5.69 Å². The molecule has 0 unspecified atom stereocenters. The van der Waals surface area contributed by atoms with Gasteiger partial charge in [-0.05, 0) is 43.2 Å². The summed E-state index contributed by atoms with van der Waals surface area (Å²) in [6, 6.07) is 13.1. The van der Waals surface area contributed by atoms with E-state index in [2.05, 4.69) is 10.1 Å². The van der Waals surface area contributed by atoms with Gasteiger partial charge in [0.15, 0.2) is 5.82 Å². The zero-order valence-corrected chi connectivity index (χ0v) is 17.3. The van der Waals surface area contributed by atoms with Crippen molar-refractivity contribution >= 4 is 12.4 Å². The van der Waals surface area contributed by atoms with Gasteiger partial charge >= 0.3 is 0 Å². The van der Waals surface area contributed by atoms with E-state index in [1.54, 1.807) is 30.0 Å². The van der Waals surface area contributed by atoms with Crippen molar-refractivity contribution in [2.75, 3.05) is 7.11 Å². The number of nitrogens with two attached hydrogens (primary N) is 1. The second kappa shape index (κ2) is 9.42. The predicted molar refractivity (Wildman–Crippen MR) is 112 cm³/mol. The average molecular weight is 435 g/mol. The molecular formula is C21H24ClFN4O3. The molecule has 0 radical (unpaired) electrons. The standard InChI is InChI=1S/C21H23FN4O3.ClH/c1-28-16-6-3-7-17(11-16)29-12-20-24-21(13-8-18(23)19(27)9-13)26(25-20)15-5-2-4-14(22)10-15;/h2-7,10-11,13,18-19,27H,8-9,12,23H2,1H3;1H/t13-,18+,19+;/m0./s1. The number of aliphatic hydroxyl groups excluding tert-OH is 1. The van der Waals surface area contributed by atoms with Crippen LogP contribution in [0, 0.1) is 5.82 Å². The lowest BCUT2D eigenvalue weighted by Gasteiger charge is -2.11. The van der Waals surface area contributed by atoms with Crippen LogP contribution in [-0.2, 0) is 6.61 Å². The van der Waals surface area contributed by atoms with Crippen LogP contribution in [0.3, 0.4) is 0 Å².